The first-order chi connectivity index (χ1) is 8.79. The molecule has 0 aliphatic heterocycles. The predicted molar refractivity (Wildman–Crippen MR) is 74.3 cm³/mol. The molecule has 90 valence electrons. The van der Waals surface area contributed by atoms with Gasteiger partial charge in [0.05, 0.1) is 22.8 Å². The lowest BCUT2D eigenvalue weighted by molar-refractivity contribution is -0.118. The van der Waals surface area contributed by atoms with Gasteiger partial charge in [-0.15, -0.1) is 6.42 Å². The normalized spacial score (nSPS) is 9.94. The molecule has 0 fully saturated rings. The van der Waals surface area contributed by atoms with Crippen LogP contribution < -0.4 is 5.32 Å². The molecule has 2 rings (SSSR count). The number of hydrogen-bond acceptors (Lipinski definition) is 3. The lowest BCUT2D eigenvalue weighted by Gasteiger charge is -2.03. The molecule has 2 aromatic rings. The van der Waals surface area contributed by atoms with Gasteiger partial charge in [-0.2, -0.15) is 0 Å². The first-order valence-corrected chi connectivity index (χ1v) is 6.47. The number of nitrogens with one attached hydrogen (secondary N) is 1. The fourth-order valence-corrected chi connectivity index (χ4v) is 2.18. The van der Waals surface area contributed by atoms with Crippen molar-refractivity contribution in [3.05, 3.63) is 36.4 Å². The summed E-state index contributed by atoms with van der Waals surface area (Å²) in [5, 5.41) is 4.55. The van der Waals surface area contributed by atoms with E-state index in [0.717, 1.165) is 15.9 Å². The highest BCUT2D eigenvalue weighted by molar-refractivity contribution is 7.99. The summed E-state index contributed by atoms with van der Waals surface area (Å²) in [4.78, 5) is 15.9. The van der Waals surface area contributed by atoms with E-state index in [1.165, 1.54) is 11.8 Å². The second-order valence-electron chi connectivity index (χ2n) is 3.61. The van der Waals surface area contributed by atoms with Crippen LogP contribution >= 0.6 is 11.8 Å². The van der Waals surface area contributed by atoms with Gasteiger partial charge in [-0.1, -0.05) is 41.9 Å². The van der Waals surface area contributed by atoms with Crippen molar-refractivity contribution in [1.82, 2.24) is 10.3 Å². The quantitative estimate of drug-likeness (QED) is 0.672. The first kappa shape index (κ1) is 12.5. The SMILES string of the molecule is C#CCNC(=O)CSc1ccc2ccccc2n1. The molecule has 0 saturated carbocycles. The van der Waals surface area contributed by atoms with Crippen LogP contribution in [-0.4, -0.2) is 23.2 Å². The first-order valence-electron chi connectivity index (χ1n) is 5.48. The molecule has 0 unspecified atom stereocenters. The Morgan fingerprint density at radius 2 is 2.17 bits per heavy atom. The van der Waals surface area contributed by atoms with Crippen molar-refractivity contribution in [1.29, 1.82) is 0 Å². The summed E-state index contributed by atoms with van der Waals surface area (Å²) in [7, 11) is 0. The van der Waals surface area contributed by atoms with Crippen LogP contribution in [0.3, 0.4) is 0 Å². The molecule has 0 bridgehead atoms. The van der Waals surface area contributed by atoms with E-state index in [9.17, 15) is 4.79 Å². The van der Waals surface area contributed by atoms with Crippen molar-refractivity contribution < 1.29 is 4.79 Å². The lowest BCUT2D eigenvalue weighted by atomic mass is 10.2. The van der Waals surface area contributed by atoms with Crippen LogP contribution in [0.4, 0.5) is 0 Å². The number of fused-ring (bicyclic) bond motifs is 1. The number of amides is 1. The van der Waals surface area contributed by atoms with E-state index in [4.69, 9.17) is 6.42 Å². The van der Waals surface area contributed by atoms with Crippen molar-refractivity contribution in [2.45, 2.75) is 5.03 Å². The Morgan fingerprint density at radius 3 is 3.00 bits per heavy atom. The van der Waals surface area contributed by atoms with Crippen molar-refractivity contribution >= 4 is 28.6 Å². The minimum atomic E-state index is -0.0760. The molecule has 0 aliphatic rings. The zero-order valence-electron chi connectivity index (χ0n) is 9.72. The van der Waals surface area contributed by atoms with E-state index in [-0.39, 0.29) is 12.5 Å². The number of pyridine rings is 1. The number of terminal acetylenes is 1. The standard InChI is InChI=1S/C14H12N2OS/c1-2-9-15-13(17)10-18-14-8-7-11-5-3-4-6-12(11)16-14/h1,3-8H,9-10H2,(H,15,17). The number of hydrogen-bond donors (Lipinski definition) is 1. The van der Waals surface area contributed by atoms with Gasteiger partial charge < -0.3 is 5.32 Å². The summed E-state index contributed by atoms with van der Waals surface area (Å²) in [6.07, 6.45) is 5.06. The fraction of sp³-hybridized carbons (Fsp3) is 0.143. The van der Waals surface area contributed by atoms with Gasteiger partial charge in [0.1, 0.15) is 0 Å². The maximum atomic E-state index is 11.4. The van der Waals surface area contributed by atoms with Crippen LogP contribution in [-0.2, 0) is 4.79 Å². The maximum Gasteiger partial charge on any atom is 0.231 e. The number of carbonyl (C=O) groups excluding carboxylic acids is 1. The zero-order chi connectivity index (χ0) is 12.8. The summed E-state index contributed by atoms with van der Waals surface area (Å²) < 4.78 is 0. The smallest absolute Gasteiger partial charge is 0.231 e. The molecule has 1 amide bonds. The van der Waals surface area contributed by atoms with Gasteiger partial charge in [-0.05, 0) is 12.1 Å². The van der Waals surface area contributed by atoms with Gasteiger partial charge in [0.2, 0.25) is 5.91 Å². The van der Waals surface area contributed by atoms with Crippen molar-refractivity contribution in [3.63, 3.8) is 0 Å². The highest BCUT2D eigenvalue weighted by Gasteiger charge is 2.03. The number of para-hydroxylation sites is 1. The van der Waals surface area contributed by atoms with E-state index in [2.05, 4.69) is 16.2 Å². The van der Waals surface area contributed by atoms with Crippen molar-refractivity contribution in [2.75, 3.05) is 12.3 Å². The summed E-state index contributed by atoms with van der Waals surface area (Å²) in [5.41, 5.74) is 0.937. The second kappa shape index (κ2) is 6.08. The summed E-state index contributed by atoms with van der Waals surface area (Å²) in [6, 6.07) is 11.8. The third kappa shape index (κ3) is 3.25. The molecule has 3 nitrogen and oxygen atoms in total. The molecular formula is C14H12N2OS. The molecule has 0 spiro atoms. The van der Waals surface area contributed by atoms with Crippen LogP contribution in [0, 0.1) is 12.3 Å². The van der Waals surface area contributed by atoms with Crippen LogP contribution in [0.1, 0.15) is 0 Å². The average Bonchev–Trinajstić information content (AvgIpc) is 2.42. The van der Waals surface area contributed by atoms with Crippen molar-refractivity contribution in [2.24, 2.45) is 0 Å². The summed E-state index contributed by atoms with van der Waals surface area (Å²) in [5.74, 6) is 2.61. The Bertz CT molecular complexity index is 604. The molecule has 1 heterocycles. The van der Waals surface area contributed by atoms with E-state index in [0.29, 0.717) is 5.75 Å². The number of benzene rings is 1. The zero-order valence-corrected chi connectivity index (χ0v) is 10.5. The highest BCUT2D eigenvalue weighted by atomic mass is 32.2. The number of nitrogens with zero attached hydrogens (tertiary/aromatic N) is 1. The molecule has 0 radical (unpaired) electrons. The average molecular weight is 256 g/mol. The molecule has 1 aromatic heterocycles. The van der Waals surface area contributed by atoms with E-state index < -0.39 is 0 Å². The molecule has 0 aliphatic carbocycles. The fourth-order valence-electron chi connectivity index (χ4n) is 1.47. The molecule has 4 heteroatoms. The number of rotatable bonds is 4. The van der Waals surface area contributed by atoms with Gasteiger partial charge >= 0.3 is 0 Å². The van der Waals surface area contributed by atoms with Crippen LogP contribution in [0.5, 0.6) is 0 Å². The van der Waals surface area contributed by atoms with Gasteiger partial charge in [0, 0.05) is 5.39 Å². The lowest BCUT2D eigenvalue weighted by Crippen LogP contribution is -2.25. The maximum absolute atomic E-state index is 11.4. The van der Waals surface area contributed by atoms with E-state index in [1.54, 1.807) is 0 Å². The summed E-state index contributed by atoms with van der Waals surface area (Å²) >= 11 is 1.40. The van der Waals surface area contributed by atoms with E-state index >= 15 is 0 Å². The van der Waals surface area contributed by atoms with Gasteiger partial charge in [0.25, 0.3) is 0 Å². The Hall–Kier alpha value is -1.99. The third-order valence-electron chi connectivity index (χ3n) is 2.31. The highest BCUT2D eigenvalue weighted by Crippen LogP contribution is 2.19. The molecule has 1 aromatic carbocycles. The predicted octanol–water partition coefficient (Wildman–Crippen LogP) is 2.08. The monoisotopic (exact) mass is 256 g/mol. The Morgan fingerprint density at radius 1 is 1.33 bits per heavy atom. The van der Waals surface area contributed by atoms with Crippen LogP contribution in [0.25, 0.3) is 10.9 Å². The van der Waals surface area contributed by atoms with Gasteiger partial charge in [-0.25, -0.2) is 4.98 Å². The van der Waals surface area contributed by atoms with E-state index in [1.807, 2.05) is 36.4 Å². The van der Waals surface area contributed by atoms with Crippen LogP contribution in [0.15, 0.2) is 41.4 Å². The summed E-state index contributed by atoms with van der Waals surface area (Å²) in [6.45, 7) is 0.268. The Kier molecular flexibility index (Phi) is 4.21. The third-order valence-corrected chi connectivity index (χ3v) is 3.24. The Labute approximate surface area is 110 Å². The number of aromatic nitrogens is 1. The Balaban J connectivity index is 2.00. The van der Waals surface area contributed by atoms with Crippen molar-refractivity contribution in [3.8, 4) is 12.3 Å². The van der Waals surface area contributed by atoms with Gasteiger partial charge in [-0.3, -0.25) is 4.79 Å². The van der Waals surface area contributed by atoms with Crippen LogP contribution in [0.2, 0.25) is 0 Å². The topological polar surface area (TPSA) is 42.0 Å². The minimum absolute atomic E-state index is 0.0760. The largest absolute Gasteiger partial charge is 0.344 e. The second-order valence-corrected chi connectivity index (χ2v) is 4.61. The molecule has 18 heavy (non-hydrogen) atoms. The molecule has 1 N–H and O–H groups in total. The number of carbonyl (C=O) groups is 1. The van der Waals surface area contributed by atoms with Gasteiger partial charge in [0.15, 0.2) is 0 Å². The molecular weight excluding hydrogens is 244 g/mol. The molecule has 0 atom stereocenters. The minimum Gasteiger partial charge on any atom is -0.344 e. The molecule has 0 saturated heterocycles. The number of thioether (sulfide) groups is 1.